The molecule has 2 aromatic heterocycles. The fourth-order valence-corrected chi connectivity index (χ4v) is 0.966. The lowest BCUT2D eigenvalue weighted by Crippen LogP contribution is -1.89. The Hall–Kier alpha value is -1.23. The molecule has 2 heterocycles. The minimum atomic E-state index is -0.525. The first-order chi connectivity index (χ1) is 5.27. The van der Waals surface area contributed by atoms with Crippen molar-refractivity contribution in [1.29, 1.82) is 0 Å². The Balaban J connectivity index is 2.91. The molecule has 0 aliphatic rings. The third-order valence-electron chi connectivity index (χ3n) is 1.22. The molecule has 0 atom stereocenters. The van der Waals surface area contributed by atoms with Gasteiger partial charge in [-0.15, -0.1) is 5.10 Å². The molecule has 0 aromatic carbocycles. The van der Waals surface area contributed by atoms with E-state index in [0.717, 1.165) is 6.07 Å². The van der Waals surface area contributed by atoms with Crippen molar-refractivity contribution in [2.45, 2.75) is 0 Å². The molecule has 6 heteroatoms. The smallest absolute Gasteiger partial charge is 0.203 e. The third kappa shape index (κ3) is 0.932. The lowest BCUT2D eigenvalue weighted by Gasteiger charge is -1.91. The van der Waals surface area contributed by atoms with E-state index in [-0.39, 0.29) is 10.7 Å². The van der Waals surface area contributed by atoms with Gasteiger partial charge in [0.05, 0.1) is 11.2 Å². The summed E-state index contributed by atoms with van der Waals surface area (Å²) in [5.41, 5.74) is 0.0781. The van der Waals surface area contributed by atoms with E-state index in [0.29, 0.717) is 0 Å². The first-order valence-corrected chi connectivity index (χ1v) is 3.18. The first kappa shape index (κ1) is 6.48. The van der Waals surface area contributed by atoms with E-state index in [9.17, 15) is 4.39 Å². The van der Waals surface area contributed by atoms with Crippen molar-refractivity contribution in [2.75, 3.05) is 0 Å². The molecule has 11 heavy (non-hydrogen) atoms. The Morgan fingerprint density at radius 3 is 3.18 bits per heavy atom. The highest BCUT2D eigenvalue weighted by molar-refractivity contribution is 6.30. The van der Waals surface area contributed by atoms with E-state index in [1.807, 2.05) is 0 Å². The van der Waals surface area contributed by atoms with Crippen LogP contribution in [-0.4, -0.2) is 20.0 Å². The third-order valence-corrected chi connectivity index (χ3v) is 1.42. The van der Waals surface area contributed by atoms with Crippen molar-refractivity contribution in [3.63, 3.8) is 0 Å². The molecule has 0 spiro atoms. The average molecular weight is 173 g/mol. The van der Waals surface area contributed by atoms with E-state index in [1.165, 1.54) is 10.7 Å². The molecule has 0 fully saturated rings. The summed E-state index contributed by atoms with van der Waals surface area (Å²) in [5, 5.41) is 10.4. The highest BCUT2D eigenvalue weighted by Crippen LogP contribution is 2.12. The number of hydrogen-bond acceptors (Lipinski definition) is 3. The summed E-state index contributed by atoms with van der Waals surface area (Å²) in [6.07, 6.45) is 1.43. The van der Waals surface area contributed by atoms with Gasteiger partial charge < -0.3 is 0 Å². The second-order valence-corrected chi connectivity index (χ2v) is 2.39. The highest BCUT2D eigenvalue weighted by Gasteiger charge is 2.04. The van der Waals surface area contributed by atoms with Gasteiger partial charge in [-0.05, 0) is 16.5 Å². The van der Waals surface area contributed by atoms with Crippen LogP contribution in [-0.2, 0) is 0 Å². The zero-order valence-corrected chi connectivity index (χ0v) is 5.96. The standard InChI is InChI=1S/C5H2ClFN4/c6-3-1-4(7)5-8-9-10-11(5)2-3/h1-2H. The van der Waals surface area contributed by atoms with Crippen LogP contribution in [0.25, 0.3) is 5.65 Å². The van der Waals surface area contributed by atoms with Crippen LogP contribution in [0, 0.1) is 5.82 Å². The molecule has 56 valence electrons. The summed E-state index contributed by atoms with van der Waals surface area (Å²) in [5.74, 6) is -0.525. The molecular formula is C5H2ClFN4. The van der Waals surface area contributed by atoms with Gasteiger partial charge in [-0.2, -0.15) is 4.52 Å². The Labute approximate surface area is 65.6 Å². The summed E-state index contributed by atoms with van der Waals surface area (Å²) in [7, 11) is 0. The molecule has 0 radical (unpaired) electrons. The molecule has 2 rings (SSSR count). The molecule has 0 saturated carbocycles. The Bertz CT molecular complexity index is 398. The van der Waals surface area contributed by atoms with E-state index < -0.39 is 5.82 Å². The molecule has 4 nitrogen and oxygen atoms in total. The van der Waals surface area contributed by atoms with Crippen molar-refractivity contribution in [2.24, 2.45) is 0 Å². The predicted octanol–water partition coefficient (Wildman–Crippen LogP) is 0.917. The summed E-state index contributed by atoms with van der Waals surface area (Å²) >= 11 is 5.52. The molecule has 0 aliphatic carbocycles. The van der Waals surface area contributed by atoms with Gasteiger partial charge >= 0.3 is 0 Å². The summed E-state index contributed by atoms with van der Waals surface area (Å²) in [6, 6.07) is 1.16. The largest absolute Gasteiger partial charge is 0.215 e. The van der Waals surface area contributed by atoms with Gasteiger partial charge in [-0.25, -0.2) is 4.39 Å². The number of hydrogen-bond donors (Lipinski definition) is 0. The predicted molar refractivity (Wildman–Crippen MR) is 35.8 cm³/mol. The Kier molecular flexibility index (Phi) is 1.25. The topological polar surface area (TPSA) is 43.1 Å². The molecule has 0 unspecified atom stereocenters. The molecule has 0 bridgehead atoms. The van der Waals surface area contributed by atoms with Crippen molar-refractivity contribution < 1.29 is 4.39 Å². The van der Waals surface area contributed by atoms with E-state index in [2.05, 4.69) is 15.5 Å². The van der Waals surface area contributed by atoms with Crippen molar-refractivity contribution >= 4 is 17.2 Å². The Morgan fingerprint density at radius 1 is 1.55 bits per heavy atom. The van der Waals surface area contributed by atoms with Crippen LogP contribution in [0.4, 0.5) is 4.39 Å². The quantitative estimate of drug-likeness (QED) is 0.594. The van der Waals surface area contributed by atoms with E-state index >= 15 is 0 Å². The molecule has 2 aromatic rings. The number of aromatic nitrogens is 4. The zero-order chi connectivity index (χ0) is 7.84. The molecule has 0 aliphatic heterocycles. The number of nitrogens with zero attached hydrogens (tertiary/aromatic N) is 4. The van der Waals surface area contributed by atoms with Gasteiger partial charge in [0.15, 0.2) is 5.82 Å². The monoisotopic (exact) mass is 172 g/mol. The molecule has 0 amide bonds. The highest BCUT2D eigenvalue weighted by atomic mass is 35.5. The number of pyridine rings is 1. The maximum absolute atomic E-state index is 12.8. The van der Waals surface area contributed by atoms with Crippen molar-refractivity contribution in [3.8, 4) is 0 Å². The fraction of sp³-hybridized carbons (Fsp3) is 0. The van der Waals surface area contributed by atoms with Gasteiger partial charge in [0.1, 0.15) is 0 Å². The number of rotatable bonds is 0. The van der Waals surface area contributed by atoms with Crippen LogP contribution in [0.3, 0.4) is 0 Å². The second-order valence-electron chi connectivity index (χ2n) is 1.95. The van der Waals surface area contributed by atoms with Gasteiger partial charge in [0.2, 0.25) is 5.65 Å². The number of tetrazole rings is 1. The average Bonchev–Trinajstić information content (AvgIpc) is 2.34. The van der Waals surface area contributed by atoms with Crippen molar-refractivity contribution in [1.82, 2.24) is 20.0 Å². The first-order valence-electron chi connectivity index (χ1n) is 2.80. The van der Waals surface area contributed by atoms with Crippen LogP contribution in [0.5, 0.6) is 0 Å². The minimum absolute atomic E-state index is 0.0781. The molecule has 0 N–H and O–H groups in total. The van der Waals surface area contributed by atoms with Crippen LogP contribution in [0.1, 0.15) is 0 Å². The van der Waals surface area contributed by atoms with Gasteiger partial charge in [-0.3, -0.25) is 0 Å². The zero-order valence-electron chi connectivity index (χ0n) is 5.20. The normalized spacial score (nSPS) is 10.7. The summed E-state index contributed by atoms with van der Waals surface area (Å²) in [4.78, 5) is 0. The summed E-state index contributed by atoms with van der Waals surface area (Å²) in [6.45, 7) is 0. The maximum Gasteiger partial charge on any atom is 0.215 e. The van der Waals surface area contributed by atoms with Gasteiger partial charge in [0.25, 0.3) is 0 Å². The number of halogens is 2. The van der Waals surface area contributed by atoms with Gasteiger partial charge in [0, 0.05) is 0 Å². The van der Waals surface area contributed by atoms with Crippen LogP contribution >= 0.6 is 11.6 Å². The number of fused-ring (bicyclic) bond motifs is 1. The maximum atomic E-state index is 12.8. The lowest BCUT2D eigenvalue weighted by molar-refractivity contribution is 0.627. The minimum Gasteiger partial charge on any atom is -0.203 e. The van der Waals surface area contributed by atoms with Crippen molar-refractivity contribution in [3.05, 3.63) is 23.1 Å². The SMILES string of the molecule is Fc1cc(Cl)cn2nnnc12. The fourth-order valence-electron chi connectivity index (χ4n) is 0.777. The molecule has 0 saturated heterocycles. The Morgan fingerprint density at radius 2 is 2.36 bits per heavy atom. The second kappa shape index (κ2) is 2.13. The van der Waals surface area contributed by atoms with E-state index in [1.54, 1.807) is 0 Å². The van der Waals surface area contributed by atoms with Crippen LogP contribution < -0.4 is 0 Å². The lowest BCUT2D eigenvalue weighted by atomic mass is 10.4. The van der Waals surface area contributed by atoms with Crippen LogP contribution in [0.15, 0.2) is 12.3 Å². The molecular weight excluding hydrogens is 171 g/mol. The van der Waals surface area contributed by atoms with Gasteiger partial charge in [-0.1, -0.05) is 11.6 Å². The van der Waals surface area contributed by atoms with E-state index in [4.69, 9.17) is 11.6 Å². The summed E-state index contributed by atoms with van der Waals surface area (Å²) < 4.78 is 14.0. The van der Waals surface area contributed by atoms with Crippen LogP contribution in [0.2, 0.25) is 5.02 Å².